The number of aldehydes is 1. The van der Waals surface area contributed by atoms with E-state index in [1.54, 1.807) is 0 Å². The zero-order chi connectivity index (χ0) is 12.4. The average molecular weight is 270 g/mol. The van der Waals surface area contributed by atoms with Gasteiger partial charge in [-0.2, -0.15) is 0 Å². The Morgan fingerprint density at radius 2 is 2.12 bits per heavy atom. The van der Waals surface area contributed by atoms with E-state index in [9.17, 15) is 4.79 Å². The van der Waals surface area contributed by atoms with Crippen molar-refractivity contribution in [2.75, 3.05) is 0 Å². The van der Waals surface area contributed by atoms with E-state index in [2.05, 4.69) is 6.92 Å². The molecule has 2 aromatic rings. The van der Waals surface area contributed by atoms with Crippen molar-refractivity contribution >= 4 is 40.4 Å². The number of hydrogen-bond acceptors (Lipinski definition) is 1. The van der Waals surface area contributed by atoms with Gasteiger partial charge in [0.2, 0.25) is 0 Å². The Bertz CT molecular complexity index is 560. The number of halogens is 2. The van der Waals surface area contributed by atoms with E-state index >= 15 is 0 Å². The smallest absolute Gasteiger partial charge is 0.153 e. The fourth-order valence-corrected chi connectivity index (χ4v) is 2.59. The molecule has 17 heavy (non-hydrogen) atoms. The van der Waals surface area contributed by atoms with Gasteiger partial charge < -0.3 is 4.57 Å². The molecular formula is C13H13Cl2NO. The Hall–Kier alpha value is -0.990. The molecule has 0 aliphatic heterocycles. The Labute approximate surface area is 110 Å². The van der Waals surface area contributed by atoms with Gasteiger partial charge in [0.05, 0.1) is 16.1 Å². The maximum atomic E-state index is 11.1. The Kier molecular flexibility index (Phi) is 3.75. The van der Waals surface area contributed by atoms with Gasteiger partial charge in [0.15, 0.2) is 6.29 Å². The van der Waals surface area contributed by atoms with E-state index in [-0.39, 0.29) is 0 Å². The number of carbonyl (C=O) groups excluding carboxylic acids is 1. The lowest BCUT2D eigenvalue weighted by Crippen LogP contribution is -1.98. The normalized spacial score (nSPS) is 11.0. The predicted octanol–water partition coefficient (Wildman–Crippen LogP) is 4.56. The van der Waals surface area contributed by atoms with Crippen molar-refractivity contribution in [1.82, 2.24) is 4.57 Å². The molecule has 0 atom stereocenters. The first-order chi connectivity index (χ1) is 8.20. The molecule has 0 saturated heterocycles. The molecule has 90 valence electrons. The van der Waals surface area contributed by atoms with Gasteiger partial charge in [-0.25, -0.2) is 0 Å². The molecule has 4 heteroatoms. The fraction of sp³-hybridized carbons (Fsp3) is 0.308. The topological polar surface area (TPSA) is 22.0 Å². The van der Waals surface area contributed by atoms with Crippen LogP contribution in [-0.4, -0.2) is 10.9 Å². The van der Waals surface area contributed by atoms with Crippen molar-refractivity contribution in [3.63, 3.8) is 0 Å². The first kappa shape index (κ1) is 12.5. The number of fused-ring (bicyclic) bond motifs is 1. The third-order valence-corrected chi connectivity index (χ3v) is 3.57. The number of benzene rings is 1. The van der Waals surface area contributed by atoms with Gasteiger partial charge in [0.1, 0.15) is 5.15 Å². The lowest BCUT2D eigenvalue weighted by molar-refractivity contribution is 0.112. The molecule has 1 aromatic carbocycles. The van der Waals surface area contributed by atoms with Crippen LogP contribution in [0.15, 0.2) is 18.2 Å². The zero-order valence-corrected chi connectivity index (χ0v) is 11.1. The predicted molar refractivity (Wildman–Crippen MR) is 72.3 cm³/mol. The minimum Gasteiger partial charge on any atom is -0.330 e. The van der Waals surface area contributed by atoms with Crippen molar-refractivity contribution < 1.29 is 4.79 Å². The highest BCUT2D eigenvalue weighted by Crippen LogP contribution is 2.33. The molecule has 0 fully saturated rings. The molecule has 0 aliphatic rings. The van der Waals surface area contributed by atoms with Crippen LogP contribution in [0, 0.1) is 0 Å². The van der Waals surface area contributed by atoms with Gasteiger partial charge in [-0.15, -0.1) is 0 Å². The number of carbonyl (C=O) groups is 1. The highest BCUT2D eigenvalue weighted by atomic mass is 35.5. The van der Waals surface area contributed by atoms with Crippen LogP contribution in [0.1, 0.15) is 30.1 Å². The van der Waals surface area contributed by atoms with E-state index in [0.29, 0.717) is 15.7 Å². The first-order valence-corrected chi connectivity index (χ1v) is 6.37. The van der Waals surface area contributed by atoms with Gasteiger partial charge in [-0.3, -0.25) is 4.79 Å². The lowest BCUT2D eigenvalue weighted by atomic mass is 10.2. The molecule has 0 radical (unpaired) electrons. The van der Waals surface area contributed by atoms with Crippen LogP contribution < -0.4 is 0 Å². The van der Waals surface area contributed by atoms with E-state index in [0.717, 1.165) is 36.6 Å². The van der Waals surface area contributed by atoms with Crippen molar-refractivity contribution in [3.8, 4) is 0 Å². The summed E-state index contributed by atoms with van der Waals surface area (Å²) in [6, 6.07) is 5.52. The summed E-state index contributed by atoms with van der Waals surface area (Å²) < 4.78 is 1.92. The molecule has 0 spiro atoms. The minimum absolute atomic E-state index is 0.483. The molecule has 0 bridgehead atoms. The zero-order valence-electron chi connectivity index (χ0n) is 9.54. The van der Waals surface area contributed by atoms with Crippen LogP contribution in [0.2, 0.25) is 10.2 Å². The van der Waals surface area contributed by atoms with Crippen LogP contribution in [-0.2, 0) is 6.54 Å². The number of nitrogens with zero attached hydrogens (tertiary/aromatic N) is 1. The first-order valence-electron chi connectivity index (χ1n) is 5.62. The van der Waals surface area contributed by atoms with E-state index in [4.69, 9.17) is 23.2 Å². The minimum atomic E-state index is 0.483. The summed E-state index contributed by atoms with van der Waals surface area (Å²) in [5.74, 6) is 0. The second kappa shape index (κ2) is 5.11. The lowest BCUT2D eigenvalue weighted by Gasteiger charge is -2.06. The summed E-state index contributed by atoms with van der Waals surface area (Å²) in [5.41, 5.74) is 1.38. The number of rotatable bonds is 4. The van der Waals surface area contributed by atoms with Crippen molar-refractivity contribution in [2.45, 2.75) is 26.3 Å². The van der Waals surface area contributed by atoms with Crippen molar-refractivity contribution in [2.24, 2.45) is 0 Å². The third-order valence-electron chi connectivity index (χ3n) is 2.86. The number of unbranched alkanes of at least 4 members (excludes halogenated alkanes) is 1. The number of aryl methyl sites for hydroxylation is 1. The molecule has 2 rings (SSSR count). The summed E-state index contributed by atoms with van der Waals surface area (Å²) in [5, 5.41) is 1.94. The Balaban J connectivity index is 2.71. The van der Waals surface area contributed by atoms with Gasteiger partial charge in [0, 0.05) is 11.9 Å². The molecule has 1 heterocycles. The second-order valence-corrected chi connectivity index (χ2v) is 4.73. The summed E-state index contributed by atoms with van der Waals surface area (Å²) in [4.78, 5) is 11.1. The summed E-state index contributed by atoms with van der Waals surface area (Å²) >= 11 is 12.4. The number of aromatic nitrogens is 1. The number of hydrogen-bond donors (Lipinski definition) is 0. The molecule has 0 N–H and O–H groups in total. The van der Waals surface area contributed by atoms with Gasteiger partial charge in [-0.1, -0.05) is 48.7 Å². The Morgan fingerprint density at radius 3 is 2.76 bits per heavy atom. The monoisotopic (exact) mass is 269 g/mol. The van der Waals surface area contributed by atoms with Crippen LogP contribution >= 0.6 is 23.2 Å². The highest BCUT2D eigenvalue weighted by molar-refractivity contribution is 6.38. The van der Waals surface area contributed by atoms with Gasteiger partial charge in [-0.05, 0) is 12.5 Å². The maximum Gasteiger partial charge on any atom is 0.153 e. The van der Waals surface area contributed by atoms with E-state index in [1.807, 2.05) is 22.8 Å². The summed E-state index contributed by atoms with van der Waals surface area (Å²) in [6.07, 6.45) is 2.87. The molecule has 2 nitrogen and oxygen atoms in total. The Morgan fingerprint density at radius 1 is 1.35 bits per heavy atom. The second-order valence-electron chi connectivity index (χ2n) is 3.96. The maximum absolute atomic E-state index is 11.1. The molecule has 0 amide bonds. The standard InChI is InChI=1S/C13H13Cl2NO/c1-2-3-7-16-12-9(5-4-6-11(12)14)10(8-17)13(16)15/h4-6,8H,2-3,7H2,1H3. The molecule has 0 unspecified atom stereocenters. The van der Waals surface area contributed by atoms with Crippen LogP contribution in [0.4, 0.5) is 0 Å². The van der Waals surface area contributed by atoms with Crippen molar-refractivity contribution in [1.29, 1.82) is 0 Å². The molecule has 1 aromatic heterocycles. The van der Waals surface area contributed by atoms with Crippen LogP contribution in [0.5, 0.6) is 0 Å². The quantitative estimate of drug-likeness (QED) is 0.746. The van der Waals surface area contributed by atoms with Gasteiger partial charge in [0.25, 0.3) is 0 Å². The summed E-state index contributed by atoms with van der Waals surface area (Å²) in [7, 11) is 0. The molecule has 0 saturated carbocycles. The third kappa shape index (κ3) is 2.07. The largest absolute Gasteiger partial charge is 0.330 e. The van der Waals surface area contributed by atoms with Crippen molar-refractivity contribution in [3.05, 3.63) is 33.9 Å². The van der Waals surface area contributed by atoms with E-state index in [1.165, 1.54) is 0 Å². The average Bonchev–Trinajstić information content (AvgIpc) is 2.60. The van der Waals surface area contributed by atoms with Crippen LogP contribution in [0.25, 0.3) is 10.9 Å². The van der Waals surface area contributed by atoms with Gasteiger partial charge >= 0.3 is 0 Å². The SMILES string of the molecule is CCCCn1c(Cl)c(C=O)c2cccc(Cl)c21. The number of para-hydroxylation sites is 1. The van der Waals surface area contributed by atoms with E-state index < -0.39 is 0 Å². The molecule has 0 aliphatic carbocycles. The fourth-order valence-electron chi connectivity index (χ4n) is 2.00. The van der Waals surface area contributed by atoms with Crippen LogP contribution in [0.3, 0.4) is 0 Å². The molecular weight excluding hydrogens is 257 g/mol. The highest BCUT2D eigenvalue weighted by Gasteiger charge is 2.16. The summed E-state index contributed by atoms with van der Waals surface area (Å²) in [6.45, 7) is 2.89.